The zero-order chi connectivity index (χ0) is 9.14. The largest absolute Gasteiger partial charge is 0.478 e. The summed E-state index contributed by atoms with van der Waals surface area (Å²) in [5.74, 6) is 3.91. The van der Waals surface area contributed by atoms with Crippen molar-refractivity contribution in [3.05, 3.63) is 23.0 Å². The van der Waals surface area contributed by atoms with Crippen LogP contribution in [0.5, 0.6) is 0 Å². The number of hydrogen-bond donors (Lipinski definition) is 3. The number of carboxylic acid groups (broad SMARTS) is 1. The van der Waals surface area contributed by atoms with Gasteiger partial charge in [-0.3, -0.25) is 5.84 Å². The van der Waals surface area contributed by atoms with E-state index in [1.165, 1.54) is 12.3 Å². The fourth-order valence-corrected chi connectivity index (χ4v) is 0.861. The normalized spacial score (nSPS) is 9.50. The van der Waals surface area contributed by atoms with E-state index >= 15 is 0 Å². The number of nitrogens with one attached hydrogen (secondary N) is 1. The van der Waals surface area contributed by atoms with E-state index in [9.17, 15) is 4.79 Å². The van der Waals surface area contributed by atoms with Gasteiger partial charge >= 0.3 is 5.97 Å². The van der Waals surface area contributed by atoms with Crippen molar-refractivity contribution in [1.82, 2.24) is 4.98 Å². The number of hydrogen-bond acceptors (Lipinski definition) is 4. The summed E-state index contributed by atoms with van der Waals surface area (Å²) in [5.41, 5.74) is 2.59. The summed E-state index contributed by atoms with van der Waals surface area (Å²) in [6.45, 7) is 0. The van der Waals surface area contributed by atoms with E-state index in [4.69, 9.17) is 22.6 Å². The van der Waals surface area contributed by atoms with Crippen LogP contribution in [0.1, 0.15) is 10.4 Å². The van der Waals surface area contributed by atoms with Crippen molar-refractivity contribution >= 4 is 23.3 Å². The summed E-state index contributed by atoms with van der Waals surface area (Å²) in [6.07, 6.45) is 1.34. The number of nitrogens with zero attached hydrogens (tertiary/aromatic N) is 1. The molecule has 1 aromatic heterocycles. The van der Waals surface area contributed by atoms with Gasteiger partial charge < -0.3 is 10.5 Å². The Morgan fingerprint density at radius 1 is 1.75 bits per heavy atom. The van der Waals surface area contributed by atoms with E-state index in [0.29, 0.717) is 5.69 Å². The van der Waals surface area contributed by atoms with Crippen LogP contribution in [0.2, 0.25) is 5.15 Å². The van der Waals surface area contributed by atoms with Crippen molar-refractivity contribution in [2.75, 3.05) is 5.43 Å². The Kier molecular flexibility index (Phi) is 2.47. The third-order valence-corrected chi connectivity index (χ3v) is 1.54. The zero-order valence-corrected chi connectivity index (χ0v) is 6.67. The second-order valence-electron chi connectivity index (χ2n) is 2.01. The minimum Gasteiger partial charge on any atom is -0.478 e. The number of hydrazine groups is 1. The summed E-state index contributed by atoms with van der Waals surface area (Å²) in [7, 11) is 0. The van der Waals surface area contributed by atoms with Crippen LogP contribution in [-0.4, -0.2) is 16.1 Å². The van der Waals surface area contributed by atoms with Crippen molar-refractivity contribution in [2.24, 2.45) is 5.84 Å². The standard InChI is InChI=1S/C6H6ClN3O2/c7-5-4(6(11)12)1-3(10-8)2-9-5/h1-2,10H,8H2,(H,11,12). The van der Waals surface area contributed by atoms with Crippen molar-refractivity contribution in [3.8, 4) is 0 Å². The van der Waals surface area contributed by atoms with Gasteiger partial charge in [0.05, 0.1) is 17.4 Å². The Morgan fingerprint density at radius 3 is 2.92 bits per heavy atom. The molecule has 0 aliphatic carbocycles. The maximum atomic E-state index is 10.5. The SMILES string of the molecule is NNc1cnc(Cl)c(C(=O)O)c1. The summed E-state index contributed by atoms with van der Waals surface area (Å²) < 4.78 is 0. The first-order chi connectivity index (χ1) is 5.65. The molecule has 12 heavy (non-hydrogen) atoms. The molecule has 1 heterocycles. The number of rotatable bonds is 2. The molecule has 0 amide bonds. The number of halogens is 1. The van der Waals surface area contributed by atoms with Crippen LogP contribution < -0.4 is 11.3 Å². The first-order valence-corrected chi connectivity index (χ1v) is 3.38. The molecule has 0 unspecified atom stereocenters. The van der Waals surface area contributed by atoms with E-state index in [1.807, 2.05) is 0 Å². The molecule has 0 spiro atoms. The van der Waals surface area contributed by atoms with E-state index in [1.54, 1.807) is 0 Å². The maximum Gasteiger partial charge on any atom is 0.338 e. The monoisotopic (exact) mass is 187 g/mol. The number of carbonyl (C=O) groups is 1. The van der Waals surface area contributed by atoms with Gasteiger partial charge in [0.1, 0.15) is 5.15 Å². The lowest BCUT2D eigenvalue weighted by Crippen LogP contribution is -2.09. The number of aromatic nitrogens is 1. The van der Waals surface area contributed by atoms with Gasteiger partial charge in [-0.15, -0.1) is 0 Å². The second-order valence-corrected chi connectivity index (χ2v) is 2.37. The van der Waals surface area contributed by atoms with E-state index in [2.05, 4.69) is 10.4 Å². The lowest BCUT2D eigenvalue weighted by atomic mass is 10.3. The molecule has 0 saturated heterocycles. The molecule has 0 atom stereocenters. The first-order valence-electron chi connectivity index (χ1n) is 3.00. The Hall–Kier alpha value is -1.33. The van der Waals surface area contributed by atoms with E-state index in [0.717, 1.165) is 0 Å². The minimum atomic E-state index is -1.13. The molecule has 1 rings (SSSR count). The smallest absolute Gasteiger partial charge is 0.338 e. The number of carboxylic acids is 1. The van der Waals surface area contributed by atoms with Crippen molar-refractivity contribution < 1.29 is 9.90 Å². The predicted molar refractivity (Wildman–Crippen MR) is 44.0 cm³/mol. The number of nitrogen functional groups attached to an aromatic ring is 1. The lowest BCUT2D eigenvalue weighted by molar-refractivity contribution is 0.0696. The quantitative estimate of drug-likeness (QED) is 0.361. The van der Waals surface area contributed by atoms with Gasteiger partial charge in [0.2, 0.25) is 0 Å². The molecular formula is C6H6ClN3O2. The Bertz CT molecular complexity index is 316. The highest BCUT2D eigenvalue weighted by atomic mass is 35.5. The average Bonchev–Trinajstić information content (AvgIpc) is 2.05. The lowest BCUT2D eigenvalue weighted by Gasteiger charge is -2.01. The van der Waals surface area contributed by atoms with Gasteiger partial charge in [0, 0.05) is 0 Å². The van der Waals surface area contributed by atoms with Crippen molar-refractivity contribution in [1.29, 1.82) is 0 Å². The highest BCUT2D eigenvalue weighted by Gasteiger charge is 2.09. The Labute approximate surface area is 73.1 Å². The number of anilines is 1. The third-order valence-electron chi connectivity index (χ3n) is 1.24. The molecule has 4 N–H and O–H groups in total. The molecule has 0 aliphatic rings. The molecule has 0 bridgehead atoms. The van der Waals surface area contributed by atoms with Crippen LogP contribution in [0.25, 0.3) is 0 Å². The van der Waals surface area contributed by atoms with Crippen molar-refractivity contribution in [3.63, 3.8) is 0 Å². The molecule has 1 aromatic rings. The van der Waals surface area contributed by atoms with Gasteiger partial charge in [0.15, 0.2) is 0 Å². The molecule has 6 heteroatoms. The third kappa shape index (κ3) is 1.63. The highest BCUT2D eigenvalue weighted by molar-refractivity contribution is 6.32. The first kappa shape index (κ1) is 8.76. The Balaban J connectivity index is 3.17. The summed E-state index contributed by atoms with van der Waals surface area (Å²) in [6, 6.07) is 1.30. The van der Waals surface area contributed by atoms with E-state index in [-0.39, 0.29) is 10.7 Å². The van der Waals surface area contributed by atoms with E-state index < -0.39 is 5.97 Å². The molecular weight excluding hydrogens is 182 g/mol. The van der Waals surface area contributed by atoms with Gasteiger partial charge in [-0.25, -0.2) is 9.78 Å². The molecule has 0 radical (unpaired) electrons. The van der Waals surface area contributed by atoms with Gasteiger partial charge in [0.25, 0.3) is 0 Å². The molecule has 0 aliphatic heterocycles. The van der Waals surface area contributed by atoms with Crippen LogP contribution in [0, 0.1) is 0 Å². The summed E-state index contributed by atoms with van der Waals surface area (Å²) in [4.78, 5) is 14.1. The molecule has 0 fully saturated rings. The van der Waals surface area contributed by atoms with Crippen LogP contribution in [0.15, 0.2) is 12.3 Å². The molecule has 0 aromatic carbocycles. The van der Waals surface area contributed by atoms with Crippen LogP contribution in [0.4, 0.5) is 5.69 Å². The number of aromatic carboxylic acids is 1. The van der Waals surface area contributed by atoms with Gasteiger partial charge in [-0.2, -0.15) is 0 Å². The van der Waals surface area contributed by atoms with Gasteiger partial charge in [-0.05, 0) is 6.07 Å². The highest BCUT2D eigenvalue weighted by Crippen LogP contribution is 2.16. The fraction of sp³-hybridized carbons (Fsp3) is 0. The summed E-state index contributed by atoms with van der Waals surface area (Å²) >= 11 is 5.49. The van der Waals surface area contributed by atoms with Crippen molar-refractivity contribution in [2.45, 2.75) is 0 Å². The maximum absolute atomic E-state index is 10.5. The summed E-state index contributed by atoms with van der Waals surface area (Å²) in [5, 5.41) is 8.54. The Morgan fingerprint density at radius 2 is 2.42 bits per heavy atom. The topological polar surface area (TPSA) is 88.2 Å². The average molecular weight is 188 g/mol. The second kappa shape index (κ2) is 3.38. The zero-order valence-electron chi connectivity index (χ0n) is 5.91. The number of pyridine rings is 1. The van der Waals surface area contributed by atoms with Crippen LogP contribution in [0.3, 0.4) is 0 Å². The number of nitrogens with two attached hydrogens (primary N) is 1. The fourth-order valence-electron chi connectivity index (χ4n) is 0.677. The van der Waals surface area contributed by atoms with Crippen LogP contribution in [-0.2, 0) is 0 Å². The van der Waals surface area contributed by atoms with Crippen LogP contribution >= 0.6 is 11.6 Å². The van der Waals surface area contributed by atoms with Gasteiger partial charge in [-0.1, -0.05) is 11.6 Å². The molecule has 0 saturated carbocycles. The minimum absolute atomic E-state index is 0.0542. The molecule has 64 valence electrons. The molecule has 5 nitrogen and oxygen atoms in total. The predicted octanol–water partition coefficient (Wildman–Crippen LogP) is 0.719.